The molecule has 4 rings (SSSR count). The van der Waals surface area contributed by atoms with Crippen molar-refractivity contribution in [3.63, 3.8) is 0 Å². The Kier molecular flexibility index (Phi) is 6.00. The fourth-order valence-corrected chi connectivity index (χ4v) is 6.04. The molecule has 1 aromatic carbocycles. The molecule has 0 radical (unpaired) electrons. The minimum atomic E-state index is -3.55. The second-order valence-corrected chi connectivity index (χ2v) is 10.2. The summed E-state index contributed by atoms with van der Waals surface area (Å²) in [6.45, 7) is 6.77. The summed E-state index contributed by atoms with van der Waals surface area (Å²) in [6, 6.07) is 8.84. The van der Waals surface area contributed by atoms with Gasteiger partial charge in [0.2, 0.25) is 15.9 Å². The zero-order valence-electron chi connectivity index (χ0n) is 17.8. The van der Waals surface area contributed by atoms with E-state index in [-0.39, 0.29) is 16.5 Å². The molecular weight excluding hydrogens is 434 g/mol. The Morgan fingerprint density at radius 2 is 2.03 bits per heavy atom. The predicted octanol–water partition coefficient (Wildman–Crippen LogP) is 4.34. The van der Waals surface area contributed by atoms with Crippen molar-refractivity contribution in [3.05, 3.63) is 52.7 Å². The van der Waals surface area contributed by atoms with E-state index in [1.165, 1.54) is 15.6 Å². The van der Waals surface area contributed by atoms with Gasteiger partial charge >= 0.3 is 0 Å². The number of benzene rings is 1. The number of rotatable bonds is 6. The van der Waals surface area contributed by atoms with Crippen LogP contribution >= 0.6 is 11.3 Å². The smallest absolute Gasteiger partial charge is 0.280 e. The third-order valence-electron chi connectivity index (χ3n) is 5.49. The van der Waals surface area contributed by atoms with Gasteiger partial charge < -0.3 is 9.32 Å². The second kappa shape index (κ2) is 8.57. The number of sulfonamides is 1. The van der Waals surface area contributed by atoms with Gasteiger partial charge in [0.15, 0.2) is 5.69 Å². The molecule has 0 spiro atoms. The number of amides is 1. The van der Waals surface area contributed by atoms with E-state index in [1.807, 2.05) is 31.4 Å². The molecular formula is C22H25N3O4S2. The Bertz CT molecular complexity index is 1200. The molecule has 0 atom stereocenters. The molecule has 9 heteroatoms. The summed E-state index contributed by atoms with van der Waals surface area (Å²) >= 11 is 1.50. The largest absolute Gasteiger partial charge is 0.440 e. The average Bonchev–Trinajstić information content (AvgIpc) is 3.43. The molecule has 2 aromatic heterocycles. The maximum Gasteiger partial charge on any atom is 0.280 e. The summed E-state index contributed by atoms with van der Waals surface area (Å²) in [5.41, 5.74) is 1.87. The first-order valence-electron chi connectivity index (χ1n) is 10.3. The van der Waals surface area contributed by atoms with Gasteiger partial charge in [-0.2, -0.15) is 4.31 Å². The fourth-order valence-electron chi connectivity index (χ4n) is 3.89. The lowest BCUT2D eigenvalue weighted by molar-refractivity contribution is 0.0979. The first-order valence-corrected chi connectivity index (χ1v) is 12.6. The third-order valence-corrected chi connectivity index (χ3v) is 8.39. The molecule has 164 valence electrons. The zero-order chi connectivity index (χ0) is 22.2. The van der Waals surface area contributed by atoms with Gasteiger partial charge in [-0.1, -0.05) is 19.9 Å². The van der Waals surface area contributed by atoms with Crippen molar-refractivity contribution < 1.29 is 17.6 Å². The highest BCUT2D eigenvalue weighted by Crippen LogP contribution is 2.33. The monoisotopic (exact) mass is 459 g/mol. The summed E-state index contributed by atoms with van der Waals surface area (Å²) in [5, 5.41) is 1.93. The number of carbonyl (C=O) groups is 1. The molecule has 0 saturated heterocycles. The van der Waals surface area contributed by atoms with Crippen LogP contribution in [0.4, 0.5) is 5.69 Å². The number of carbonyl (C=O) groups excluding carboxylic acids is 1. The second-order valence-electron chi connectivity index (χ2n) is 7.34. The lowest BCUT2D eigenvalue weighted by atomic mass is 10.0. The summed E-state index contributed by atoms with van der Waals surface area (Å²) in [7, 11) is -3.55. The molecule has 3 aromatic rings. The summed E-state index contributed by atoms with van der Waals surface area (Å²) in [6.07, 6.45) is 1.47. The first-order chi connectivity index (χ1) is 14.9. The summed E-state index contributed by atoms with van der Waals surface area (Å²) < 4.78 is 33.0. The lowest BCUT2D eigenvalue weighted by Gasteiger charge is -2.30. The molecule has 0 unspecified atom stereocenters. The van der Waals surface area contributed by atoms with E-state index in [2.05, 4.69) is 4.98 Å². The van der Waals surface area contributed by atoms with Crippen molar-refractivity contribution in [2.24, 2.45) is 0 Å². The Morgan fingerprint density at radius 3 is 2.71 bits per heavy atom. The fraction of sp³-hybridized carbons (Fsp3) is 0.364. The van der Waals surface area contributed by atoms with Gasteiger partial charge in [0, 0.05) is 25.3 Å². The SMILES string of the molecule is CCN(CC)S(=O)(=O)c1ccc2c(c1)CCCN2C(=O)c1nc(-c2cccs2)oc1C. The van der Waals surface area contributed by atoms with Gasteiger partial charge in [-0.3, -0.25) is 4.79 Å². The highest BCUT2D eigenvalue weighted by Gasteiger charge is 2.30. The van der Waals surface area contributed by atoms with Crippen LogP contribution in [0.1, 0.15) is 42.1 Å². The van der Waals surface area contributed by atoms with Gasteiger partial charge in [-0.15, -0.1) is 11.3 Å². The van der Waals surface area contributed by atoms with Crippen molar-refractivity contribution >= 4 is 33.0 Å². The van der Waals surface area contributed by atoms with Crippen LogP contribution in [0.15, 0.2) is 45.0 Å². The van der Waals surface area contributed by atoms with Crippen molar-refractivity contribution in [3.8, 4) is 10.8 Å². The molecule has 7 nitrogen and oxygen atoms in total. The van der Waals surface area contributed by atoms with E-state index in [0.29, 0.717) is 31.3 Å². The number of aryl methyl sites for hydroxylation is 2. The van der Waals surface area contributed by atoms with E-state index in [1.54, 1.807) is 30.0 Å². The maximum absolute atomic E-state index is 13.3. The Hall–Kier alpha value is -2.49. The van der Waals surface area contributed by atoms with E-state index in [9.17, 15) is 13.2 Å². The quantitative estimate of drug-likeness (QED) is 0.548. The van der Waals surface area contributed by atoms with E-state index < -0.39 is 10.0 Å². The van der Waals surface area contributed by atoms with Crippen LogP contribution in [-0.2, 0) is 16.4 Å². The van der Waals surface area contributed by atoms with Crippen molar-refractivity contribution in [1.82, 2.24) is 9.29 Å². The van der Waals surface area contributed by atoms with E-state index in [4.69, 9.17) is 4.42 Å². The minimum Gasteiger partial charge on any atom is -0.440 e. The predicted molar refractivity (Wildman–Crippen MR) is 121 cm³/mol. The number of nitrogens with zero attached hydrogens (tertiary/aromatic N) is 3. The number of anilines is 1. The normalized spacial score (nSPS) is 14.1. The molecule has 3 heterocycles. The van der Waals surface area contributed by atoms with Gasteiger partial charge in [0.05, 0.1) is 9.77 Å². The van der Waals surface area contributed by atoms with Gasteiger partial charge in [0.1, 0.15) is 5.76 Å². The Balaban J connectivity index is 1.67. The van der Waals surface area contributed by atoms with Crippen LogP contribution in [-0.4, -0.2) is 43.2 Å². The molecule has 1 aliphatic heterocycles. The molecule has 31 heavy (non-hydrogen) atoms. The maximum atomic E-state index is 13.3. The van der Waals surface area contributed by atoms with Crippen molar-refractivity contribution in [2.75, 3.05) is 24.5 Å². The minimum absolute atomic E-state index is 0.232. The van der Waals surface area contributed by atoms with E-state index >= 15 is 0 Å². The van der Waals surface area contributed by atoms with Crippen LogP contribution in [0.3, 0.4) is 0 Å². The standard InChI is InChI=1S/C22H25N3O4S2/c1-4-24(5-2)31(27,28)17-10-11-18-16(14-17)8-6-12-25(18)22(26)20-15(3)29-21(23-20)19-9-7-13-30-19/h7,9-11,13-14H,4-6,8,12H2,1-3H3. The number of hydrogen-bond acceptors (Lipinski definition) is 6. The van der Waals surface area contributed by atoms with Gasteiger partial charge in [-0.05, 0) is 55.0 Å². The Morgan fingerprint density at radius 1 is 1.26 bits per heavy atom. The zero-order valence-corrected chi connectivity index (χ0v) is 19.4. The number of fused-ring (bicyclic) bond motifs is 1. The summed E-state index contributed by atoms with van der Waals surface area (Å²) in [4.78, 5) is 20.6. The molecule has 0 fully saturated rings. The first kappa shape index (κ1) is 21.7. The van der Waals surface area contributed by atoms with Crippen LogP contribution in [0.2, 0.25) is 0 Å². The van der Waals surface area contributed by atoms with Crippen LogP contribution < -0.4 is 4.90 Å². The van der Waals surface area contributed by atoms with Gasteiger partial charge in [-0.25, -0.2) is 13.4 Å². The van der Waals surface area contributed by atoms with E-state index in [0.717, 1.165) is 29.0 Å². The molecule has 0 N–H and O–H groups in total. The molecule has 0 saturated carbocycles. The van der Waals surface area contributed by atoms with Crippen LogP contribution in [0.25, 0.3) is 10.8 Å². The molecule has 0 aliphatic carbocycles. The molecule has 1 aliphatic rings. The number of thiophene rings is 1. The van der Waals surface area contributed by atoms with Crippen molar-refractivity contribution in [2.45, 2.75) is 38.5 Å². The van der Waals surface area contributed by atoms with Crippen molar-refractivity contribution in [1.29, 1.82) is 0 Å². The average molecular weight is 460 g/mol. The Labute approximate surface area is 186 Å². The highest BCUT2D eigenvalue weighted by atomic mass is 32.2. The van der Waals surface area contributed by atoms with Gasteiger partial charge in [0.25, 0.3) is 5.91 Å². The number of aromatic nitrogens is 1. The number of hydrogen-bond donors (Lipinski definition) is 0. The third kappa shape index (κ3) is 3.93. The molecule has 0 bridgehead atoms. The van der Waals surface area contributed by atoms with Crippen LogP contribution in [0.5, 0.6) is 0 Å². The lowest BCUT2D eigenvalue weighted by Crippen LogP contribution is -2.36. The highest BCUT2D eigenvalue weighted by molar-refractivity contribution is 7.89. The molecule has 1 amide bonds. The topological polar surface area (TPSA) is 83.7 Å². The van der Waals surface area contributed by atoms with Crippen LogP contribution in [0, 0.1) is 6.92 Å². The number of oxazole rings is 1. The summed E-state index contributed by atoms with van der Waals surface area (Å²) in [5.74, 6) is 0.680.